The van der Waals surface area contributed by atoms with Crippen molar-refractivity contribution in [2.45, 2.75) is 39.4 Å². The maximum atomic E-state index is 13.1. The molecule has 1 aliphatic rings. The lowest BCUT2D eigenvalue weighted by Crippen LogP contribution is -2.36. The fraction of sp³-hybridized carbons (Fsp3) is 0.440. The summed E-state index contributed by atoms with van der Waals surface area (Å²) in [7, 11) is 0. The molecule has 5 rings (SSSR count). The highest BCUT2D eigenvalue weighted by Gasteiger charge is 2.30. The molecule has 4 aromatic rings. The molecule has 11 heteroatoms. The van der Waals surface area contributed by atoms with Gasteiger partial charge in [-0.1, -0.05) is 13.8 Å². The molecule has 0 spiro atoms. The van der Waals surface area contributed by atoms with E-state index < -0.39 is 0 Å². The number of benzene rings is 1. The Labute approximate surface area is 207 Å². The zero-order chi connectivity index (χ0) is 25.1. The zero-order valence-electron chi connectivity index (χ0n) is 20.4. The number of nitrogens with zero attached hydrogens (tertiary/aromatic N) is 5. The van der Waals surface area contributed by atoms with Gasteiger partial charge in [-0.05, 0) is 47.0 Å². The van der Waals surface area contributed by atoms with Gasteiger partial charge in [0.25, 0.3) is 5.56 Å². The highest BCUT2D eigenvalue weighted by molar-refractivity contribution is 5.83. The van der Waals surface area contributed by atoms with Crippen LogP contribution in [0, 0.1) is 5.92 Å². The van der Waals surface area contributed by atoms with Crippen LogP contribution in [0.25, 0.3) is 10.9 Å². The van der Waals surface area contributed by atoms with E-state index in [9.17, 15) is 9.90 Å². The van der Waals surface area contributed by atoms with E-state index in [0.717, 1.165) is 11.1 Å². The molecule has 0 bridgehead atoms. The Balaban J connectivity index is 1.49. The van der Waals surface area contributed by atoms with Gasteiger partial charge in [-0.3, -0.25) is 9.69 Å². The Hall–Kier alpha value is -3.70. The average Bonchev–Trinajstić information content (AvgIpc) is 3.54. The molecule has 1 atom stereocenters. The molecule has 1 aromatic carbocycles. The quantitative estimate of drug-likeness (QED) is 0.341. The molecular weight excluding hydrogens is 464 g/mol. The summed E-state index contributed by atoms with van der Waals surface area (Å²) in [6.45, 7) is 6.52. The predicted octanol–water partition coefficient (Wildman–Crippen LogP) is 2.51. The molecular formula is C25H30N6O5. The first-order valence-electron chi connectivity index (χ1n) is 12.1. The van der Waals surface area contributed by atoms with E-state index in [1.54, 1.807) is 17.0 Å². The molecule has 0 radical (unpaired) electrons. The van der Waals surface area contributed by atoms with Crippen LogP contribution in [-0.4, -0.2) is 61.6 Å². The summed E-state index contributed by atoms with van der Waals surface area (Å²) in [4.78, 5) is 18.2. The maximum absolute atomic E-state index is 13.1. The van der Waals surface area contributed by atoms with Gasteiger partial charge >= 0.3 is 0 Å². The molecule has 3 aromatic heterocycles. The number of furan rings is 1. The summed E-state index contributed by atoms with van der Waals surface area (Å²) >= 11 is 0. The molecule has 0 saturated carbocycles. The third-order valence-electron chi connectivity index (χ3n) is 6.30. The minimum atomic E-state index is -0.197. The van der Waals surface area contributed by atoms with Crippen LogP contribution in [-0.2, 0) is 13.1 Å². The topological polar surface area (TPSA) is 132 Å². The van der Waals surface area contributed by atoms with Gasteiger partial charge in [0, 0.05) is 36.7 Å². The second-order valence-electron chi connectivity index (χ2n) is 9.22. The SMILES string of the molecule is CC(C)[C@@H](c1nnnn1Cc1ccco1)N(CCCO)Cc1cc2cc3c(cc2[nH]c1=O)OCCO3. The molecule has 0 aliphatic carbocycles. The van der Waals surface area contributed by atoms with Crippen LogP contribution in [0.1, 0.15) is 43.5 Å². The average molecular weight is 495 g/mol. The van der Waals surface area contributed by atoms with Crippen LogP contribution in [0.5, 0.6) is 11.5 Å². The molecule has 2 N–H and O–H groups in total. The molecule has 190 valence electrons. The highest BCUT2D eigenvalue weighted by atomic mass is 16.6. The summed E-state index contributed by atoms with van der Waals surface area (Å²) in [5.41, 5.74) is 1.12. The highest BCUT2D eigenvalue weighted by Crippen LogP contribution is 2.34. The van der Waals surface area contributed by atoms with Crippen molar-refractivity contribution in [1.29, 1.82) is 0 Å². The van der Waals surface area contributed by atoms with Crippen molar-refractivity contribution in [3.8, 4) is 11.5 Å². The lowest BCUT2D eigenvalue weighted by molar-refractivity contribution is 0.122. The first-order valence-corrected chi connectivity index (χ1v) is 12.1. The van der Waals surface area contributed by atoms with Gasteiger partial charge in [0.05, 0.1) is 17.8 Å². The van der Waals surface area contributed by atoms with Gasteiger partial charge < -0.3 is 24.0 Å². The van der Waals surface area contributed by atoms with Crippen LogP contribution in [0.4, 0.5) is 0 Å². The number of hydrogen-bond donors (Lipinski definition) is 2. The van der Waals surface area contributed by atoms with Gasteiger partial charge in [-0.2, -0.15) is 0 Å². The minimum Gasteiger partial charge on any atom is -0.486 e. The van der Waals surface area contributed by atoms with E-state index in [1.165, 1.54) is 0 Å². The molecule has 0 amide bonds. The number of rotatable bonds is 10. The van der Waals surface area contributed by atoms with Crippen molar-refractivity contribution < 1.29 is 19.0 Å². The number of aromatic nitrogens is 5. The Morgan fingerprint density at radius 3 is 2.72 bits per heavy atom. The van der Waals surface area contributed by atoms with Crippen LogP contribution in [0.3, 0.4) is 0 Å². The fourth-order valence-electron chi connectivity index (χ4n) is 4.68. The number of aromatic amines is 1. The van der Waals surface area contributed by atoms with E-state index in [1.807, 2.05) is 24.3 Å². The molecule has 0 saturated heterocycles. The summed E-state index contributed by atoms with van der Waals surface area (Å²) < 4.78 is 18.6. The van der Waals surface area contributed by atoms with E-state index in [-0.39, 0.29) is 24.1 Å². The number of fused-ring (bicyclic) bond motifs is 2. The molecule has 0 unspecified atom stereocenters. The Morgan fingerprint density at radius 2 is 2.00 bits per heavy atom. The maximum Gasteiger partial charge on any atom is 0.252 e. The number of hydrogen-bond acceptors (Lipinski definition) is 9. The van der Waals surface area contributed by atoms with Gasteiger partial charge in [-0.25, -0.2) is 4.68 Å². The largest absolute Gasteiger partial charge is 0.486 e. The van der Waals surface area contributed by atoms with Gasteiger partial charge in [0.15, 0.2) is 17.3 Å². The van der Waals surface area contributed by atoms with Crippen LogP contribution in [0.15, 0.2) is 45.8 Å². The number of aliphatic hydroxyl groups excluding tert-OH is 1. The summed E-state index contributed by atoms with van der Waals surface area (Å²) in [5, 5.41) is 22.9. The predicted molar refractivity (Wildman–Crippen MR) is 131 cm³/mol. The number of tetrazole rings is 1. The van der Waals surface area contributed by atoms with Crippen molar-refractivity contribution in [2.24, 2.45) is 5.92 Å². The van der Waals surface area contributed by atoms with Crippen molar-refractivity contribution in [1.82, 2.24) is 30.1 Å². The Kier molecular flexibility index (Phi) is 7.01. The van der Waals surface area contributed by atoms with Crippen LogP contribution in [0.2, 0.25) is 0 Å². The fourth-order valence-corrected chi connectivity index (χ4v) is 4.68. The second kappa shape index (κ2) is 10.5. The van der Waals surface area contributed by atoms with Crippen molar-refractivity contribution >= 4 is 10.9 Å². The van der Waals surface area contributed by atoms with Gasteiger partial charge in [0.1, 0.15) is 25.5 Å². The van der Waals surface area contributed by atoms with E-state index >= 15 is 0 Å². The summed E-state index contributed by atoms with van der Waals surface area (Å²) in [5.74, 6) is 2.85. The van der Waals surface area contributed by atoms with Crippen molar-refractivity contribution in [3.63, 3.8) is 0 Å². The summed E-state index contributed by atoms with van der Waals surface area (Å²) in [6.07, 6.45) is 2.17. The lowest BCUT2D eigenvalue weighted by atomic mass is 10.00. The van der Waals surface area contributed by atoms with E-state index in [4.69, 9.17) is 13.9 Å². The lowest BCUT2D eigenvalue weighted by Gasteiger charge is -2.33. The number of aliphatic hydroxyl groups is 1. The smallest absolute Gasteiger partial charge is 0.252 e. The molecule has 36 heavy (non-hydrogen) atoms. The van der Waals surface area contributed by atoms with Crippen molar-refractivity contribution in [2.75, 3.05) is 26.4 Å². The zero-order valence-corrected chi connectivity index (χ0v) is 20.4. The summed E-state index contributed by atoms with van der Waals surface area (Å²) in [6, 6.07) is 9.09. The van der Waals surface area contributed by atoms with E-state index in [2.05, 4.69) is 39.3 Å². The third-order valence-corrected chi connectivity index (χ3v) is 6.30. The van der Waals surface area contributed by atoms with Crippen LogP contribution < -0.4 is 15.0 Å². The first-order chi connectivity index (χ1) is 17.5. The van der Waals surface area contributed by atoms with Crippen LogP contribution >= 0.6 is 0 Å². The van der Waals surface area contributed by atoms with Gasteiger partial charge in [0.2, 0.25) is 0 Å². The number of pyridine rings is 1. The Morgan fingerprint density at radius 1 is 1.19 bits per heavy atom. The molecule has 0 fully saturated rings. The third kappa shape index (κ3) is 4.98. The molecule has 4 heterocycles. The number of H-pyrrole nitrogens is 1. The monoisotopic (exact) mass is 494 g/mol. The number of ether oxygens (including phenoxy) is 2. The second-order valence-corrected chi connectivity index (χ2v) is 9.22. The number of nitrogens with one attached hydrogen (secondary N) is 1. The minimum absolute atomic E-state index is 0.0379. The molecule has 11 nitrogen and oxygen atoms in total. The standard InChI is InChI=1S/C25H30N6O5/c1-16(2)23(24-27-28-29-31(24)15-19-5-3-8-34-19)30(6-4-7-32)14-18-11-17-12-21-22(36-10-9-35-21)13-20(17)26-25(18)33/h3,5,8,11-13,16,23,32H,4,6-7,9-10,14-15H2,1-2H3,(H,26,33)/t23-/m0/s1. The van der Waals surface area contributed by atoms with E-state index in [0.29, 0.717) is 67.7 Å². The Bertz CT molecular complexity index is 1360. The normalized spacial score (nSPS) is 14.1. The van der Waals surface area contributed by atoms with Crippen molar-refractivity contribution in [3.05, 3.63) is 64.1 Å². The first kappa shape index (κ1) is 24.0. The van der Waals surface area contributed by atoms with Gasteiger partial charge in [-0.15, -0.1) is 5.10 Å². The molecule has 1 aliphatic heterocycles.